The van der Waals surface area contributed by atoms with E-state index in [1.807, 2.05) is 18.2 Å². The maximum absolute atomic E-state index is 13.0. The molecule has 0 saturated heterocycles. The molecule has 0 unspecified atom stereocenters. The largest absolute Gasteiger partial charge is 0.417 e. The predicted octanol–water partition coefficient (Wildman–Crippen LogP) is 5.20. The quantitative estimate of drug-likeness (QED) is 0.472. The van der Waals surface area contributed by atoms with E-state index in [4.69, 9.17) is 23.2 Å². The highest BCUT2D eigenvalue weighted by Crippen LogP contribution is 2.35. The zero-order valence-corrected chi connectivity index (χ0v) is 16.0. The molecule has 1 aromatic carbocycles. The molecule has 4 rings (SSSR count). The van der Waals surface area contributed by atoms with Gasteiger partial charge in [0, 0.05) is 16.3 Å². The molecule has 3 aromatic heterocycles. The van der Waals surface area contributed by atoms with E-state index in [-0.39, 0.29) is 23.0 Å². The van der Waals surface area contributed by atoms with Crippen LogP contribution in [0.5, 0.6) is 0 Å². The molecule has 0 atom stereocenters. The minimum atomic E-state index is -4.58. The molecular weight excluding hydrogens is 436 g/mol. The Bertz CT molecular complexity index is 1220. The Hall–Kier alpha value is -2.36. The number of nitrogens with zero attached hydrogens (tertiary/aromatic N) is 3. The third-order valence-corrected chi connectivity index (χ3v) is 5.96. The number of carbonyl (C=O) groups is 1. The monoisotopic (exact) mass is 444 g/mol. The summed E-state index contributed by atoms with van der Waals surface area (Å²) in [7, 11) is 0. The summed E-state index contributed by atoms with van der Waals surface area (Å²) < 4.78 is 41.0. The highest BCUT2D eigenvalue weighted by atomic mass is 35.5. The third-order valence-electron chi connectivity index (χ3n) is 4.01. The van der Waals surface area contributed by atoms with Crippen molar-refractivity contribution < 1.29 is 18.0 Å². The number of benzene rings is 1. The number of amides is 1. The van der Waals surface area contributed by atoms with Crippen LogP contribution < -0.4 is 5.32 Å². The number of pyridine rings is 1. The summed E-state index contributed by atoms with van der Waals surface area (Å²) in [5.41, 5.74) is -0.872. The Morgan fingerprint density at radius 3 is 2.68 bits per heavy atom. The highest BCUT2D eigenvalue weighted by molar-refractivity contribution is 7.21. The molecule has 0 aliphatic heterocycles. The average Bonchev–Trinajstić information content (AvgIpc) is 3.21. The molecule has 11 heteroatoms. The van der Waals surface area contributed by atoms with E-state index in [1.165, 1.54) is 11.3 Å². The van der Waals surface area contributed by atoms with Crippen LogP contribution in [0.3, 0.4) is 0 Å². The Kier molecular flexibility index (Phi) is 4.68. The Labute approximate surface area is 169 Å². The average molecular weight is 445 g/mol. The van der Waals surface area contributed by atoms with Crippen molar-refractivity contribution >= 4 is 56.2 Å². The van der Waals surface area contributed by atoms with E-state index in [2.05, 4.69) is 15.5 Å². The summed E-state index contributed by atoms with van der Waals surface area (Å²) in [4.78, 5) is 12.8. The van der Waals surface area contributed by atoms with Crippen LogP contribution >= 0.6 is 34.5 Å². The number of thiophene rings is 1. The molecule has 4 aromatic rings. The van der Waals surface area contributed by atoms with Crippen molar-refractivity contribution in [1.82, 2.24) is 19.9 Å². The van der Waals surface area contributed by atoms with Gasteiger partial charge in [-0.3, -0.25) is 9.20 Å². The summed E-state index contributed by atoms with van der Waals surface area (Å²) in [6.07, 6.45) is -3.73. The fourth-order valence-electron chi connectivity index (χ4n) is 2.67. The van der Waals surface area contributed by atoms with E-state index >= 15 is 0 Å². The maximum atomic E-state index is 13.0. The molecule has 0 fully saturated rings. The van der Waals surface area contributed by atoms with Crippen LogP contribution in [-0.4, -0.2) is 20.5 Å². The van der Waals surface area contributed by atoms with Crippen LogP contribution in [0.25, 0.3) is 15.7 Å². The van der Waals surface area contributed by atoms with Crippen LogP contribution in [-0.2, 0) is 12.7 Å². The second kappa shape index (κ2) is 6.91. The van der Waals surface area contributed by atoms with Crippen molar-refractivity contribution in [3.63, 3.8) is 0 Å². The standard InChI is InChI=1S/C17H9Cl2F3N4OS/c18-10-5-8(17(20,21)22)7-26-12(24-25-15(10)26)6-23-16(27)14-13(19)9-3-1-2-4-11(9)28-14/h1-5,7H,6H2,(H,23,27). The maximum Gasteiger partial charge on any atom is 0.417 e. The first-order chi connectivity index (χ1) is 13.3. The molecule has 144 valence electrons. The summed E-state index contributed by atoms with van der Waals surface area (Å²) in [5, 5.41) is 11.1. The topological polar surface area (TPSA) is 59.3 Å². The molecule has 0 aliphatic carbocycles. The second-order valence-electron chi connectivity index (χ2n) is 5.81. The van der Waals surface area contributed by atoms with E-state index in [9.17, 15) is 18.0 Å². The first-order valence-electron chi connectivity index (χ1n) is 7.81. The smallest absolute Gasteiger partial charge is 0.344 e. The zero-order chi connectivity index (χ0) is 20.1. The SMILES string of the molecule is O=C(NCc1nnc2c(Cl)cc(C(F)(F)F)cn12)c1sc2ccccc2c1Cl. The molecule has 1 amide bonds. The number of carbonyl (C=O) groups excluding carboxylic acids is 1. The number of alkyl halides is 3. The van der Waals surface area contributed by atoms with Gasteiger partial charge in [0.25, 0.3) is 5.91 Å². The van der Waals surface area contributed by atoms with Gasteiger partial charge in [-0.05, 0) is 12.1 Å². The van der Waals surface area contributed by atoms with Gasteiger partial charge >= 0.3 is 6.18 Å². The number of rotatable bonds is 3. The second-order valence-corrected chi connectivity index (χ2v) is 7.65. The van der Waals surface area contributed by atoms with Crippen molar-refractivity contribution in [2.75, 3.05) is 0 Å². The van der Waals surface area contributed by atoms with Crippen molar-refractivity contribution in [2.45, 2.75) is 12.7 Å². The Morgan fingerprint density at radius 1 is 1.21 bits per heavy atom. The van der Waals surface area contributed by atoms with Crippen LogP contribution in [0.1, 0.15) is 21.1 Å². The Balaban J connectivity index is 1.62. The Morgan fingerprint density at radius 2 is 1.96 bits per heavy atom. The van der Waals surface area contributed by atoms with Gasteiger partial charge in [-0.25, -0.2) is 0 Å². The summed E-state index contributed by atoms with van der Waals surface area (Å²) in [5.74, 6) is -0.352. The first-order valence-corrected chi connectivity index (χ1v) is 9.38. The lowest BCUT2D eigenvalue weighted by molar-refractivity contribution is -0.137. The lowest BCUT2D eigenvalue weighted by atomic mass is 10.2. The molecule has 1 N–H and O–H groups in total. The molecule has 0 aliphatic rings. The molecular formula is C17H9Cl2F3N4OS. The number of aromatic nitrogens is 3. The summed E-state index contributed by atoms with van der Waals surface area (Å²) >= 11 is 13.4. The van der Waals surface area contributed by atoms with E-state index in [1.54, 1.807) is 6.07 Å². The van der Waals surface area contributed by atoms with Gasteiger partial charge in [0.2, 0.25) is 0 Å². The van der Waals surface area contributed by atoms with Crippen molar-refractivity contribution in [2.24, 2.45) is 0 Å². The van der Waals surface area contributed by atoms with E-state index in [0.29, 0.717) is 9.90 Å². The van der Waals surface area contributed by atoms with Crippen molar-refractivity contribution in [1.29, 1.82) is 0 Å². The first kappa shape index (κ1) is 19.0. The van der Waals surface area contributed by atoms with Crippen LogP contribution in [0, 0.1) is 0 Å². The lowest BCUT2D eigenvalue weighted by Gasteiger charge is -2.09. The molecule has 3 heterocycles. The fraction of sp³-hybridized carbons (Fsp3) is 0.118. The van der Waals surface area contributed by atoms with Gasteiger partial charge in [-0.2, -0.15) is 13.2 Å². The fourth-order valence-corrected chi connectivity index (χ4v) is 4.35. The normalized spacial score (nSPS) is 12.0. The summed E-state index contributed by atoms with van der Waals surface area (Å²) in [6, 6.07) is 8.08. The van der Waals surface area contributed by atoms with Gasteiger partial charge in [0.15, 0.2) is 11.5 Å². The van der Waals surface area contributed by atoms with Crippen LogP contribution in [0.2, 0.25) is 10.0 Å². The molecule has 0 bridgehead atoms. The van der Waals surface area contributed by atoms with Crippen LogP contribution in [0.4, 0.5) is 13.2 Å². The number of hydrogen-bond donors (Lipinski definition) is 1. The third kappa shape index (κ3) is 3.30. The predicted molar refractivity (Wildman–Crippen MR) is 101 cm³/mol. The summed E-state index contributed by atoms with van der Waals surface area (Å²) in [6.45, 7) is -0.151. The number of hydrogen-bond acceptors (Lipinski definition) is 4. The molecule has 0 radical (unpaired) electrons. The minimum Gasteiger partial charge on any atom is -0.344 e. The number of nitrogens with one attached hydrogen (secondary N) is 1. The minimum absolute atomic E-state index is 0.0683. The van der Waals surface area contributed by atoms with Crippen LogP contribution in [0.15, 0.2) is 36.5 Å². The van der Waals surface area contributed by atoms with Gasteiger partial charge < -0.3 is 5.32 Å². The zero-order valence-electron chi connectivity index (χ0n) is 13.7. The molecule has 0 spiro atoms. The van der Waals surface area contributed by atoms with Gasteiger partial charge in [-0.15, -0.1) is 21.5 Å². The lowest BCUT2D eigenvalue weighted by Crippen LogP contribution is -2.23. The van der Waals surface area contributed by atoms with Gasteiger partial charge in [-0.1, -0.05) is 41.4 Å². The molecule has 28 heavy (non-hydrogen) atoms. The van der Waals surface area contributed by atoms with Crippen molar-refractivity contribution in [3.8, 4) is 0 Å². The van der Waals surface area contributed by atoms with Gasteiger partial charge in [0.05, 0.1) is 22.2 Å². The molecule has 0 saturated carbocycles. The van der Waals surface area contributed by atoms with Crippen molar-refractivity contribution in [3.05, 3.63) is 62.8 Å². The molecule has 5 nitrogen and oxygen atoms in total. The highest BCUT2D eigenvalue weighted by Gasteiger charge is 2.32. The van der Waals surface area contributed by atoms with Gasteiger partial charge in [0.1, 0.15) is 4.88 Å². The number of fused-ring (bicyclic) bond motifs is 2. The number of halogens is 5. The van der Waals surface area contributed by atoms with E-state index in [0.717, 1.165) is 26.8 Å². The van der Waals surface area contributed by atoms with E-state index < -0.39 is 17.6 Å².